The Bertz CT molecular complexity index is 430. The molecule has 1 aromatic heterocycles. The molecule has 4 nitrogen and oxygen atoms in total. The molecular formula is C15H23N3O. The highest BCUT2D eigenvalue weighted by Crippen LogP contribution is 2.23. The summed E-state index contributed by atoms with van der Waals surface area (Å²) in [6.07, 6.45) is 3.98. The minimum Gasteiger partial charge on any atom is -0.370 e. The summed E-state index contributed by atoms with van der Waals surface area (Å²) in [5.74, 6) is 1.52. The van der Waals surface area contributed by atoms with Gasteiger partial charge in [0.05, 0.1) is 5.56 Å². The van der Waals surface area contributed by atoms with Crippen LogP contribution in [0.1, 0.15) is 44.0 Å². The molecule has 104 valence electrons. The number of nitrogens with zero attached hydrogens (tertiary/aromatic N) is 2. The zero-order chi connectivity index (χ0) is 13.8. The van der Waals surface area contributed by atoms with E-state index in [4.69, 9.17) is 0 Å². The number of carbonyl (C=O) groups is 1. The Hall–Kier alpha value is -1.58. The Balaban J connectivity index is 2.09. The van der Waals surface area contributed by atoms with Gasteiger partial charge < -0.3 is 10.2 Å². The lowest BCUT2D eigenvalue weighted by Gasteiger charge is -2.36. The Labute approximate surface area is 115 Å². The molecule has 0 aliphatic carbocycles. The second-order valence-electron chi connectivity index (χ2n) is 5.45. The predicted molar refractivity (Wildman–Crippen MR) is 77.3 cm³/mol. The molecule has 4 heteroatoms. The second kappa shape index (κ2) is 6.04. The van der Waals surface area contributed by atoms with E-state index in [9.17, 15) is 4.79 Å². The van der Waals surface area contributed by atoms with Gasteiger partial charge in [-0.2, -0.15) is 0 Å². The summed E-state index contributed by atoms with van der Waals surface area (Å²) in [6.45, 7) is 8.05. The zero-order valence-electron chi connectivity index (χ0n) is 12.0. The smallest absolute Gasteiger partial charge is 0.255 e. The molecule has 2 unspecified atom stereocenters. The molecule has 2 atom stereocenters. The Morgan fingerprint density at radius 1 is 1.42 bits per heavy atom. The fourth-order valence-electron chi connectivity index (χ4n) is 2.54. The van der Waals surface area contributed by atoms with Gasteiger partial charge in [0.1, 0.15) is 5.82 Å². The van der Waals surface area contributed by atoms with Gasteiger partial charge in [-0.25, -0.2) is 4.98 Å². The van der Waals surface area contributed by atoms with Crippen LogP contribution in [-0.4, -0.2) is 34.9 Å². The topological polar surface area (TPSA) is 45.2 Å². The van der Waals surface area contributed by atoms with E-state index in [1.807, 2.05) is 24.0 Å². The SMILES string of the molecule is CCNc1ccc(C(=O)N2CC(C)CCC2C)cn1. The van der Waals surface area contributed by atoms with Crippen molar-refractivity contribution in [3.63, 3.8) is 0 Å². The summed E-state index contributed by atoms with van der Waals surface area (Å²) in [5, 5.41) is 3.13. The van der Waals surface area contributed by atoms with Gasteiger partial charge in [-0.05, 0) is 44.7 Å². The van der Waals surface area contributed by atoms with E-state index < -0.39 is 0 Å². The Morgan fingerprint density at radius 2 is 2.21 bits per heavy atom. The number of hydrogen-bond acceptors (Lipinski definition) is 3. The summed E-state index contributed by atoms with van der Waals surface area (Å²) < 4.78 is 0. The van der Waals surface area contributed by atoms with Gasteiger partial charge in [0.25, 0.3) is 5.91 Å². The van der Waals surface area contributed by atoms with Gasteiger partial charge in [0, 0.05) is 25.3 Å². The van der Waals surface area contributed by atoms with E-state index >= 15 is 0 Å². The number of piperidine rings is 1. The molecule has 1 N–H and O–H groups in total. The predicted octanol–water partition coefficient (Wildman–Crippen LogP) is 2.77. The van der Waals surface area contributed by atoms with E-state index in [0.29, 0.717) is 17.5 Å². The maximum Gasteiger partial charge on any atom is 0.255 e. The molecule has 2 heterocycles. The molecule has 1 aliphatic heterocycles. The van der Waals surface area contributed by atoms with Crippen molar-refractivity contribution in [3.05, 3.63) is 23.9 Å². The molecule has 0 saturated carbocycles. The van der Waals surface area contributed by atoms with E-state index in [1.54, 1.807) is 6.20 Å². The first-order chi connectivity index (χ1) is 9.11. The number of aromatic nitrogens is 1. The standard InChI is InChI=1S/C15H23N3O/c1-4-16-14-8-7-13(9-17-14)15(19)18-10-11(2)5-6-12(18)3/h7-9,11-12H,4-6,10H2,1-3H3,(H,16,17). The largest absolute Gasteiger partial charge is 0.370 e. The van der Waals surface area contributed by atoms with Crippen molar-refractivity contribution in [2.24, 2.45) is 5.92 Å². The van der Waals surface area contributed by atoms with E-state index in [2.05, 4.69) is 24.1 Å². The minimum absolute atomic E-state index is 0.106. The first-order valence-electron chi connectivity index (χ1n) is 7.12. The van der Waals surface area contributed by atoms with Gasteiger partial charge in [-0.1, -0.05) is 6.92 Å². The lowest BCUT2D eigenvalue weighted by atomic mass is 9.94. The number of nitrogens with one attached hydrogen (secondary N) is 1. The van der Waals surface area contributed by atoms with Crippen molar-refractivity contribution in [1.29, 1.82) is 0 Å². The van der Waals surface area contributed by atoms with Crippen LogP contribution in [0.15, 0.2) is 18.3 Å². The zero-order valence-corrected chi connectivity index (χ0v) is 12.0. The van der Waals surface area contributed by atoms with Gasteiger partial charge in [0.15, 0.2) is 0 Å². The fourth-order valence-corrected chi connectivity index (χ4v) is 2.54. The second-order valence-corrected chi connectivity index (χ2v) is 5.45. The van der Waals surface area contributed by atoms with Crippen LogP contribution in [0.2, 0.25) is 0 Å². The third kappa shape index (κ3) is 3.25. The normalized spacial score (nSPS) is 23.2. The number of rotatable bonds is 3. The average molecular weight is 261 g/mol. The van der Waals surface area contributed by atoms with Crippen LogP contribution in [0, 0.1) is 5.92 Å². The maximum atomic E-state index is 12.5. The fraction of sp³-hybridized carbons (Fsp3) is 0.600. The number of carbonyl (C=O) groups excluding carboxylic acids is 1. The molecule has 0 aromatic carbocycles. The van der Waals surface area contributed by atoms with Crippen LogP contribution < -0.4 is 5.32 Å². The van der Waals surface area contributed by atoms with Crippen molar-refractivity contribution in [3.8, 4) is 0 Å². The lowest BCUT2D eigenvalue weighted by Crippen LogP contribution is -2.44. The molecule has 0 radical (unpaired) electrons. The van der Waals surface area contributed by atoms with Gasteiger partial charge in [0.2, 0.25) is 0 Å². The lowest BCUT2D eigenvalue weighted by molar-refractivity contribution is 0.0573. The third-order valence-electron chi connectivity index (χ3n) is 3.75. The van der Waals surface area contributed by atoms with Crippen molar-refractivity contribution in [1.82, 2.24) is 9.88 Å². The average Bonchev–Trinajstić information content (AvgIpc) is 2.42. The Morgan fingerprint density at radius 3 is 2.84 bits per heavy atom. The van der Waals surface area contributed by atoms with Gasteiger partial charge >= 0.3 is 0 Å². The van der Waals surface area contributed by atoms with E-state index in [0.717, 1.165) is 25.3 Å². The highest BCUT2D eigenvalue weighted by molar-refractivity contribution is 5.94. The van der Waals surface area contributed by atoms with Crippen molar-refractivity contribution < 1.29 is 4.79 Å². The van der Waals surface area contributed by atoms with E-state index in [-0.39, 0.29) is 5.91 Å². The maximum absolute atomic E-state index is 12.5. The summed E-state index contributed by atoms with van der Waals surface area (Å²) in [5.41, 5.74) is 0.683. The number of anilines is 1. The quantitative estimate of drug-likeness (QED) is 0.910. The van der Waals surface area contributed by atoms with Crippen LogP contribution in [-0.2, 0) is 0 Å². The molecule has 0 bridgehead atoms. The monoisotopic (exact) mass is 261 g/mol. The van der Waals surface area contributed by atoms with Crippen LogP contribution >= 0.6 is 0 Å². The first kappa shape index (κ1) is 13.8. The summed E-state index contributed by atoms with van der Waals surface area (Å²) >= 11 is 0. The molecular weight excluding hydrogens is 238 g/mol. The van der Waals surface area contributed by atoms with Crippen LogP contribution in [0.5, 0.6) is 0 Å². The number of hydrogen-bond donors (Lipinski definition) is 1. The third-order valence-corrected chi connectivity index (χ3v) is 3.75. The van der Waals surface area contributed by atoms with Gasteiger partial charge in [-0.15, -0.1) is 0 Å². The number of likely N-dealkylation sites (tertiary alicyclic amines) is 1. The molecule has 0 spiro atoms. The highest BCUT2D eigenvalue weighted by atomic mass is 16.2. The van der Waals surface area contributed by atoms with Gasteiger partial charge in [-0.3, -0.25) is 4.79 Å². The van der Waals surface area contributed by atoms with Crippen LogP contribution in [0.25, 0.3) is 0 Å². The minimum atomic E-state index is 0.106. The number of pyridine rings is 1. The van der Waals surface area contributed by atoms with Crippen LogP contribution in [0.3, 0.4) is 0 Å². The van der Waals surface area contributed by atoms with Crippen molar-refractivity contribution in [2.75, 3.05) is 18.4 Å². The Kier molecular flexibility index (Phi) is 4.40. The molecule has 19 heavy (non-hydrogen) atoms. The molecule has 2 rings (SSSR count). The first-order valence-corrected chi connectivity index (χ1v) is 7.12. The van der Waals surface area contributed by atoms with Crippen LogP contribution in [0.4, 0.5) is 5.82 Å². The van der Waals surface area contributed by atoms with Crippen molar-refractivity contribution in [2.45, 2.75) is 39.7 Å². The summed E-state index contributed by atoms with van der Waals surface area (Å²) in [7, 11) is 0. The van der Waals surface area contributed by atoms with Crippen molar-refractivity contribution >= 4 is 11.7 Å². The number of amides is 1. The summed E-state index contributed by atoms with van der Waals surface area (Å²) in [6, 6.07) is 4.06. The highest BCUT2D eigenvalue weighted by Gasteiger charge is 2.27. The molecule has 1 aromatic rings. The summed E-state index contributed by atoms with van der Waals surface area (Å²) in [4.78, 5) is 18.7. The molecule has 1 fully saturated rings. The molecule has 1 aliphatic rings. The molecule has 1 amide bonds. The van der Waals surface area contributed by atoms with E-state index in [1.165, 1.54) is 6.42 Å². The molecule has 1 saturated heterocycles.